The summed E-state index contributed by atoms with van der Waals surface area (Å²) in [5.41, 5.74) is 2.35. The lowest BCUT2D eigenvalue weighted by molar-refractivity contribution is -0.192. The van der Waals surface area contributed by atoms with Gasteiger partial charge in [0.25, 0.3) is 5.91 Å². The smallest absolute Gasteiger partial charge is 0.475 e. The molecule has 2 aromatic carbocycles. The first kappa shape index (κ1) is 27.2. The van der Waals surface area contributed by atoms with Gasteiger partial charge in [0.15, 0.2) is 11.6 Å². The lowest BCUT2D eigenvalue weighted by Gasteiger charge is -2.36. The van der Waals surface area contributed by atoms with Crippen LogP contribution in [0.2, 0.25) is 5.02 Å². The Balaban J connectivity index is 0.000000405. The van der Waals surface area contributed by atoms with Crippen LogP contribution in [0.1, 0.15) is 23.2 Å². The van der Waals surface area contributed by atoms with Crippen molar-refractivity contribution in [3.05, 3.63) is 56.6 Å². The first-order valence-corrected chi connectivity index (χ1v) is 12.8. The number of piperazine rings is 1. The molecule has 0 radical (unpaired) electrons. The summed E-state index contributed by atoms with van der Waals surface area (Å²) in [5.74, 6) is -1.05. The first-order chi connectivity index (χ1) is 17.5. The van der Waals surface area contributed by atoms with E-state index in [9.17, 15) is 18.0 Å². The number of carboxylic acid groups (broad SMARTS) is 1. The van der Waals surface area contributed by atoms with Crippen molar-refractivity contribution in [2.45, 2.75) is 25.1 Å². The van der Waals surface area contributed by atoms with Crippen LogP contribution in [0.3, 0.4) is 0 Å². The van der Waals surface area contributed by atoms with Crippen molar-refractivity contribution in [3.8, 4) is 0 Å². The fourth-order valence-electron chi connectivity index (χ4n) is 3.68. The minimum atomic E-state index is -5.08. The molecule has 13 heteroatoms. The van der Waals surface area contributed by atoms with Crippen molar-refractivity contribution in [2.24, 2.45) is 0 Å². The summed E-state index contributed by atoms with van der Waals surface area (Å²) in [5, 5.41) is 11.2. The van der Waals surface area contributed by atoms with Crippen molar-refractivity contribution in [1.29, 1.82) is 0 Å². The topological polar surface area (TPSA) is 98.7 Å². The third-order valence-electron chi connectivity index (χ3n) is 5.74. The van der Waals surface area contributed by atoms with E-state index in [1.165, 1.54) is 12.8 Å². The van der Waals surface area contributed by atoms with Gasteiger partial charge in [-0.3, -0.25) is 4.79 Å². The van der Waals surface area contributed by atoms with Crippen LogP contribution in [-0.2, 0) is 4.79 Å². The van der Waals surface area contributed by atoms with Crippen LogP contribution in [0, 0.1) is 3.57 Å². The molecule has 8 nitrogen and oxygen atoms in total. The number of benzene rings is 2. The van der Waals surface area contributed by atoms with Crippen LogP contribution < -0.4 is 10.2 Å². The third-order valence-corrected chi connectivity index (χ3v) is 6.74. The highest BCUT2D eigenvalue weighted by Crippen LogP contribution is 2.31. The molecule has 37 heavy (non-hydrogen) atoms. The SMILES string of the molecule is O=C(O)C(F)(F)F.O=C(c1cc(I)ccc1Cl)N1CCN(c2nc3ccccc3nc2NC2CC2)CC1. The maximum absolute atomic E-state index is 13.0. The number of aromatic nitrogens is 2. The van der Waals surface area contributed by atoms with E-state index in [0.717, 1.165) is 26.2 Å². The zero-order valence-corrected chi connectivity index (χ0v) is 22.2. The molecule has 2 aliphatic rings. The highest BCUT2D eigenvalue weighted by atomic mass is 127. The molecular weight excluding hydrogens is 626 g/mol. The second-order valence-electron chi connectivity index (χ2n) is 8.51. The number of nitrogens with one attached hydrogen (secondary N) is 1. The van der Waals surface area contributed by atoms with Crippen LogP contribution in [-0.4, -0.2) is 70.2 Å². The third kappa shape index (κ3) is 6.92. The number of fused-ring (bicyclic) bond motifs is 1. The molecule has 5 rings (SSSR count). The van der Waals surface area contributed by atoms with E-state index in [1.807, 2.05) is 41.3 Å². The zero-order valence-electron chi connectivity index (χ0n) is 19.3. The standard InChI is InChI=1S/C22H21ClIN5O.C2HF3O2/c23-17-8-5-14(24)13-16(17)22(30)29-11-9-28(10-12-29)21-20(25-15-6-7-15)26-18-3-1-2-4-19(18)27-21;3-2(4,5)1(6)7/h1-5,8,13,15H,6-7,9-12H2,(H,25,26);(H,6,7). The summed E-state index contributed by atoms with van der Waals surface area (Å²) < 4.78 is 32.7. The molecule has 2 N–H and O–H groups in total. The van der Waals surface area contributed by atoms with Gasteiger partial charge in [0, 0.05) is 35.8 Å². The predicted molar refractivity (Wildman–Crippen MR) is 142 cm³/mol. The van der Waals surface area contributed by atoms with E-state index in [0.29, 0.717) is 42.8 Å². The number of anilines is 2. The summed E-state index contributed by atoms with van der Waals surface area (Å²) in [6.07, 6.45) is -2.74. The van der Waals surface area contributed by atoms with Crippen molar-refractivity contribution >= 4 is 68.7 Å². The number of nitrogens with zero attached hydrogens (tertiary/aromatic N) is 4. The second kappa shape index (κ2) is 11.3. The normalized spacial score (nSPS) is 15.7. The van der Waals surface area contributed by atoms with E-state index in [-0.39, 0.29) is 5.91 Å². The number of carboxylic acids is 1. The minimum Gasteiger partial charge on any atom is -0.475 e. The Labute approximate surface area is 229 Å². The number of hydrogen-bond acceptors (Lipinski definition) is 6. The average Bonchev–Trinajstić information content (AvgIpc) is 3.69. The average molecular weight is 648 g/mol. The highest BCUT2D eigenvalue weighted by molar-refractivity contribution is 14.1. The summed E-state index contributed by atoms with van der Waals surface area (Å²) in [4.78, 5) is 35.7. The molecule has 2 fully saturated rings. The number of rotatable bonds is 4. The van der Waals surface area contributed by atoms with Crippen LogP contribution in [0.4, 0.5) is 24.8 Å². The predicted octanol–water partition coefficient (Wildman–Crippen LogP) is 5.06. The van der Waals surface area contributed by atoms with Gasteiger partial charge in [-0.25, -0.2) is 14.8 Å². The van der Waals surface area contributed by atoms with Gasteiger partial charge in [0.2, 0.25) is 0 Å². The molecule has 1 aliphatic carbocycles. The number of carbonyl (C=O) groups is 2. The molecule has 0 bridgehead atoms. The van der Waals surface area contributed by atoms with Crippen molar-refractivity contribution in [1.82, 2.24) is 14.9 Å². The van der Waals surface area contributed by atoms with E-state index >= 15 is 0 Å². The largest absolute Gasteiger partial charge is 0.490 e. The number of para-hydroxylation sites is 2. The molecule has 1 saturated carbocycles. The lowest BCUT2D eigenvalue weighted by atomic mass is 10.2. The van der Waals surface area contributed by atoms with Crippen LogP contribution in [0.15, 0.2) is 42.5 Å². The Kier molecular flexibility index (Phi) is 8.26. The van der Waals surface area contributed by atoms with Gasteiger partial charge >= 0.3 is 12.1 Å². The number of alkyl halides is 3. The van der Waals surface area contributed by atoms with Gasteiger partial charge < -0.3 is 20.2 Å². The molecule has 1 amide bonds. The number of halogens is 5. The Bertz CT molecular complexity index is 1310. The molecule has 1 aromatic heterocycles. The zero-order chi connectivity index (χ0) is 26.7. The molecule has 196 valence electrons. The number of carbonyl (C=O) groups excluding carboxylic acids is 1. The van der Waals surface area contributed by atoms with Crippen molar-refractivity contribution in [2.75, 3.05) is 36.4 Å². The fourth-order valence-corrected chi connectivity index (χ4v) is 4.37. The molecule has 3 aromatic rings. The minimum absolute atomic E-state index is 0.0147. The number of amides is 1. The van der Waals surface area contributed by atoms with E-state index in [2.05, 4.69) is 32.8 Å². The molecule has 1 saturated heterocycles. The first-order valence-electron chi connectivity index (χ1n) is 11.4. The van der Waals surface area contributed by atoms with Crippen LogP contribution >= 0.6 is 34.2 Å². The quantitative estimate of drug-likeness (QED) is 0.382. The second-order valence-corrected chi connectivity index (χ2v) is 10.2. The Morgan fingerprint density at radius 1 is 1.03 bits per heavy atom. The molecular formula is C24H22ClF3IN5O3. The highest BCUT2D eigenvalue weighted by Gasteiger charge is 2.38. The summed E-state index contributed by atoms with van der Waals surface area (Å²) in [7, 11) is 0. The van der Waals surface area contributed by atoms with Crippen LogP contribution in [0.25, 0.3) is 11.0 Å². The number of hydrogen-bond donors (Lipinski definition) is 2. The Hall–Kier alpha value is -2.87. The van der Waals surface area contributed by atoms with Crippen LogP contribution in [0.5, 0.6) is 0 Å². The van der Waals surface area contributed by atoms with Gasteiger partial charge in [-0.2, -0.15) is 13.2 Å². The molecule has 0 spiro atoms. The van der Waals surface area contributed by atoms with E-state index in [1.54, 1.807) is 6.07 Å². The monoisotopic (exact) mass is 647 g/mol. The van der Waals surface area contributed by atoms with E-state index < -0.39 is 12.1 Å². The Morgan fingerprint density at radius 2 is 1.62 bits per heavy atom. The molecule has 0 atom stereocenters. The summed E-state index contributed by atoms with van der Waals surface area (Å²) in [6.45, 7) is 2.66. The van der Waals surface area contributed by atoms with Gasteiger partial charge in [0.1, 0.15) is 0 Å². The maximum atomic E-state index is 13.0. The van der Waals surface area contributed by atoms with Gasteiger partial charge in [-0.05, 0) is 65.8 Å². The van der Waals surface area contributed by atoms with E-state index in [4.69, 9.17) is 31.5 Å². The fraction of sp³-hybridized carbons (Fsp3) is 0.333. The lowest BCUT2D eigenvalue weighted by Crippen LogP contribution is -2.49. The Morgan fingerprint density at radius 3 is 2.19 bits per heavy atom. The summed E-state index contributed by atoms with van der Waals surface area (Å²) >= 11 is 8.48. The maximum Gasteiger partial charge on any atom is 0.490 e. The summed E-state index contributed by atoms with van der Waals surface area (Å²) in [6, 6.07) is 14.0. The van der Waals surface area contributed by atoms with Crippen molar-refractivity contribution < 1.29 is 27.9 Å². The van der Waals surface area contributed by atoms with Gasteiger partial charge in [0.05, 0.1) is 21.6 Å². The molecule has 2 heterocycles. The molecule has 0 unspecified atom stereocenters. The van der Waals surface area contributed by atoms with Gasteiger partial charge in [-0.1, -0.05) is 23.7 Å². The molecule has 1 aliphatic heterocycles. The van der Waals surface area contributed by atoms with Crippen molar-refractivity contribution in [3.63, 3.8) is 0 Å². The van der Waals surface area contributed by atoms with Gasteiger partial charge in [-0.15, -0.1) is 0 Å². The number of aliphatic carboxylic acids is 1.